The molecule has 3 rings (SSSR count). The number of hydrogen-bond donors (Lipinski definition) is 1. The van der Waals surface area contributed by atoms with Gasteiger partial charge in [0, 0.05) is 32.1 Å². The quantitative estimate of drug-likeness (QED) is 0.908. The number of nitrogens with zero attached hydrogens (tertiary/aromatic N) is 1. The van der Waals surface area contributed by atoms with E-state index >= 15 is 0 Å². The Hall–Kier alpha value is -1.55. The Morgan fingerprint density at radius 2 is 2.17 bits per heavy atom. The second-order valence-corrected chi connectivity index (χ2v) is 6.81. The van der Waals surface area contributed by atoms with Crippen LogP contribution in [0.1, 0.15) is 44.6 Å². The summed E-state index contributed by atoms with van der Waals surface area (Å²) in [7, 11) is 0. The molecule has 126 valence electrons. The lowest BCUT2D eigenvalue weighted by atomic mass is 10.1. The summed E-state index contributed by atoms with van der Waals surface area (Å²) in [5.74, 6) is 1.22. The number of carbonyl (C=O) groups excluding carboxylic acids is 1. The van der Waals surface area contributed by atoms with E-state index in [1.807, 2.05) is 17.0 Å². The molecular weight excluding hydrogens is 288 g/mol. The number of benzene rings is 1. The molecule has 1 aliphatic carbocycles. The second kappa shape index (κ2) is 7.82. The highest BCUT2D eigenvalue weighted by molar-refractivity contribution is 5.77. The predicted octanol–water partition coefficient (Wildman–Crippen LogP) is 2.76. The molecule has 2 aliphatic rings. The molecule has 0 unspecified atom stereocenters. The van der Waals surface area contributed by atoms with E-state index in [0.29, 0.717) is 18.6 Å². The Morgan fingerprint density at radius 3 is 2.96 bits per heavy atom. The smallest absolute Gasteiger partial charge is 0.223 e. The van der Waals surface area contributed by atoms with Crippen molar-refractivity contribution in [2.75, 3.05) is 19.6 Å². The van der Waals surface area contributed by atoms with Crippen molar-refractivity contribution in [2.24, 2.45) is 0 Å². The summed E-state index contributed by atoms with van der Waals surface area (Å²) in [6, 6.07) is 8.57. The third kappa shape index (κ3) is 4.47. The first-order chi connectivity index (χ1) is 11.2. The van der Waals surface area contributed by atoms with Crippen LogP contribution < -0.4 is 10.1 Å². The molecule has 0 radical (unpaired) electrons. The van der Waals surface area contributed by atoms with Gasteiger partial charge in [0.25, 0.3) is 0 Å². The Morgan fingerprint density at radius 1 is 1.35 bits per heavy atom. The number of aryl methyl sites for hydroxylation is 1. The van der Waals surface area contributed by atoms with E-state index in [9.17, 15) is 4.79 Å². The fraction of sp³-hybridized carbons (Fsp3) is 0.632. The lowest BCUT2D eigenvalue weighted by Gasteiger charge is -2.34. The van der Waals surface area contributed by atoms with E-state index in [-0.39, 0.29) is 5.91 Å². The van der Waals surface area contributed by atoms with E-state index in [1.165, 1.54) is 31.2 Å². The van der Waals surface area contributed by atoms with Gasteiger partial charge in [0.2, 0.25) is 5.91 Å². The first kappa shape index (κ1) is 16.3. The Balaban J connectivity index is 1.52. The Bertz CT molecular complexity index is 526. The van der Waals surface area contributed by atoms with Gasteiger partial charge in [-0.1, -0.05) is 12.1 Å². The first-order valence-electron chi connectivity index (χ1n) is 8.98. The molecule has 4 heteroatoms. The molecule has 0 bridgehead atoms. The molecule has 0 aromatic heterocycles. The van der Waals surface area contributed by atoms with Crippen molar-refractivity contribution in [2.45, 2.75) is 57.6 Å². The number of hydrogen-bond acceptors (Lipinski definition) is 3. The molecule has 1 amide bonds. The summed E-state index contributed by atoms with van der Waals surface area (Å²) >= 11 is 0. The minimum absolute atomic E-state index is 0.265. The molecule has 1 atom stereocenters. The molecule has 1 N–H and O–H groups in total. The van der Waals surface area contributed by atoms with Crippen LogP contribution in [0.3, 0.4) is 0 Å². The van der Waals surface area contributed by atoms with E-state index in [0.717, 1.165) is 31.8 Å². The minimum atomic E-state index is 0.265. The zero-order valence-electron chi connectivity index (χ0n) is 14.1. The van der Waals surface area contributed by atoms with Crippen molar-refractivity contribution in [3.63, 3.8) is 0 Å². The maximum Gasteiger partial charge on any atom is 0.223 e. The van der Waals surface area contributed by atoms with E-state index < -0.39 is 0 Å². The molecule has 2 fully saturated rings. The zero-order chi connectivity index (χ0) is 16.1. The molecule has 1 saturated carbocycles. The summed E-state index contributed by atoms with van der Waals surface area (Å²) in [6.45, 7) is 4.74. The number of piperazine rings is 1. The van der Waals surface area contributed by atoms with Gasteiger partial charge in [-0.2, -0.15) is 0 Å². The molecule has 1 aromatic carbocycles. The number of ether oxygens (including phenoxy) is 1. The van der Waals surface area contributed by atoms with Crippen molar-refractivity contribution in [3.05, 3.63) is 29.8 Å². The lowest BCUT2D eigenvalue weighted by Crippen LogP contribution is -2.52. The van der Waals surface area contributed by atoms with E-state index in [2.05, 4.69) is 24.4 Å². The third-order valence-corrected chi connectivity index (χ3v) is 4.95. The maximum absolute atomic E-state index is 12.4. The van der Waals surface area contributed by atoms with Crippen LogP contribution in [0.15, 0.2) is 24.3 Å². The van der Waals surface area contributed by atoms with Crippen molar-refractivity contribution in [1.29, 1.82) is 0 Å². The second-order valence-electron chi connectivity index (χ2n) is 6.81. The van der Waals surface area contributed by atoms with Gasteiger partial charge in [0.1, 0.15) is 5.75 Å². The summed E-state index contributed by atoms with van der Waals surface area (Å²) in [4.78, 5) is 14.4. The maximum atomic E-state index is 12.4. The molecule has 1 aromatic rings. The number of rotatable bonds is 5. The van der Waals surface area contributed by atoms with Crippen molar-refractivity contribution < 1.29 is 9.53 Å². The van der Waals surface area contributed by atoms with Crippen LogP contribution in [-0.4, -0.2) is 42.6 Å². The van der Waals surface area contributed by atoms with Crippen LogP contribution in [0.5, 0.6) is 5.75 Å². The molecule has 1 heterocycles. The third-order valence-electron chi connectivity index (χ3n) is 4.95. The molecular formula is C19H28N2O2. The highest BCUT2D eigenvalue weighted by Gasteiger charge is 2.22. The van der Waals surface area contributed by atoms with Gasteiger partial charge in [-0.3, -0.25) is 4.79 Å². The Labute approximate surface area is 139 Å². The van der Waals surface area contributed by atoms with Gasteiger partial charge in [-0.25, -0.2) is 0 Å². The van der Waals surface area contributed by atoms with Crippen molar-refractivity contribution in [1.82, 2.24) is 10.2 Å². The van der Waals surface area contributed by atoms with Crippen LogP contribution >= 0.6 is 0 Å². The highest BCUT2D eigenvalue weighted by atomic mass is 16.5. The predicted molar refractivity (Wildman–Crippen MR) is 91.7 cm³/mol. The van der Waals surface area contributed by atoms with Crippen LogP contribution in [0.4, 0.5) is 0 Å². The molecule has 4 nitrogen and oxygen atoms in total. The van der Waals surface area contributed by atoms with Crippen molar-refractivity contribution >= 4 is 5.91 Å². The number of nitrogens with one attached hydrogen (secondary N) is 1. The number of amides is 1. The SMILES string of the molecule is C[C@H]1CNCCN1C(=O)CCc1cccc(OC2CCCC2)c1. The first-order valence-corrected chi connectivity index (χ1v) is 8.98. The topological polar surface area (TPSA) is 41.6 Å². The van der Waals surface area contributed by atoms with Crippen LogP contribution in [-0.2, 0) is 11.2 Å². The standard InChI is InChI=1S/C19H28N2O2/c1-15-14-20-11-12-21(15)19(22)10-9-16-5-4-8-18(13-16)23-17-6-2-3-7-17/h4-5,8,13,15,17,20H,2-3,6-7,9-12,14H2,1H3/t15-/m0/s1. The monoisotopic (exact) mass is 316 g/mol. The van der Waals surface area contributed by atoms with Gasteiger partial charge in [0.15, 0.2) is 0 Å². The average molecular weight is 316 g/mol. The summed E-state index contributed by atoms with van der Waals surface area (Å²) in [6.07, 6.45) is 6.65. The molecule has 1 aliphatic heterocycles. The fourth-order valence-electron chi connectivity index (χ4n) is 3.58. The van der Waals surface area contributed by atoms with Crippen LogP contribution in [0.2, 0.25) is 0 Å². The summed E-state index contributed by atoms with van der Waals surface area (Å²) in [5.41, 5.74) is 1.19. The molecule has 23 heavy (non-hydrogen) atoms. The molecule has 1 saturated heterocycles. The fourth-order valence-corrected chi connectivity index (χ4v) is 3.58. The zero-order valence-corrected chi connectivity index (χ0v) is 14.1. The lowest BCUT2D eigenvalue weighted by molar-refractivity contribution is -0.133. The largest absolute Gasteiger partial charge is 0.490 e. The van der Waals surface area contributed by atoms with Crippen molar-refractivity contribution in [3.8, 4) is 5.75 Å². The van der Waals surface area contributed by atoms with Gasteiger partial charge in [-0.15, -0.1) is 0 Å². The number of carbonyl (C=O) groups is 1. The van der Waals surface area contributed by atoms with Gasteiger partial charge < -0.3 is 15.0 Å². The Kier molecular flexibility index (Phi) is 5.55. The minimum Gasteiger partial charge on any atom is -0.490 e. The summed E-state index contributed by atoms with van der Waals surface area (Å²) in [5, 5.41) is 3.32. The summed E-state index contributed by atoms with van der Waals surface area (Å²) < 4.78 is 6.05. The van der Waals surface area contributed by atoms with E-state index in [4.69, 9.17) is 4.74 Å². The van der Waals surface area contributed by atoms with Gasteiger partial charge in [-0.05, 0) is 56.7 Å². The van der Waals surface area contributed by atoms with Gasteiger partial charge in [0.05, 0.1) is 6.10 Å². The van der Waals surface area contributed by atoms with Crippen LogP contribution in [0, 0.1) is 0 Å². The normalized spacial score (nSPS) is 22.3. The highest BCUT2D eigenvalue weighted by Crippen LogP contribution is 2.25. The molecule has 0 spiro atoms. The van der Waals surface area contributed by atoms with E-state index in [1.54, 1.807) is 0 Å². The van der Waals surface area contributed by atoms with Crippen LogP contribution in [0.25, 0.3) is 0 Å². The average Bonchev–Trinajstić information content (AvgIpc) is 3.06. The van der Waals surface area contributed by atoms with Gasteiger partial charge >= 0.3 is 0 Å².